The minimum atomic E-state index is -0.137. The molecule has 1 heterocycles. The normalized spacial score (nSPS) is 11.9. The van der Waals surface area contributed by atoms with E-state index >= 15 is 0 Å². The number of likely N-dealkylation sites (N-methyl/N-ethyl adjacent to an activating group) is 1. The molecule has 0 fully saturated rings. The van der Waals surface area contributed by atoms with Gasteiger partial charge in [-0.2, -0.15) is 5.10 Å². The summed E-state index contributed by atoms with van der Waals surface area (Å²) in [4.78, 5) is 22.9. The number of carbonyl (C=O) groups is 2. The van der Waals surface area contributed by atoms with Crippen LogP contribution < -0.4 is 16.4 Å². The second-order valence-electron chi connectivity index (χ2n) is 4.87. The molecular formula is C13H23N5O2. The van der Waals surface area contributed by atoms with Gasteiger partial charge in [-0.3, -0.25) is 14.3 Å². The van der Waals surface area contributed by atoms with Crippen LogP contribution in [0.4, 0.5) is 5.69 Å². The molecule has 0 aromatic carbocycles. The molecule has 1 aromatic rings. The molecule has 0 spiro atoms. The van der Waals surface area contributed by atoms with E-state index in [0.29, 0.717) is 24.6 Å². The molecule has 0 aliphatic heterocycles. The van der Waals surface area contributed by atoms with Gasteiger partial charge < -0.3 is 16.4 Å². The maximum Gasteiger partial charge on any atom is 0.241 e. The summed E-state index contributed by atoms with van der Waals surface area (Å²) in [5.74, 6) is 0.261. The Morgan fingerprint density at radius 1 is 1.40 bits per heavy atom. The summed E-state index contributed by atoms with van der Waals surface area (Å²) in [5.41, 5.74) is 6.07. The third-order valence-electron chi connectivity index (χ3n) is 3.03. The van der Waals surface area contributed by atoms with E-state index in [1.807, 2.05) is 0 Å². The fraction of sp³-hybridized carbons (Fsp3) is 0.615. The lowest BCUT2D eigenvalue weighted by Gasteiger charge is -2.09. The molecule has 0 saturated heterocycles. The number of rotatable bonds is 8. The maximum atomic E-state index is 11.8. The minimum absolute atomic E-state index is 0.0478. The lowest BCUT2D eigenvalue weighted by molar-refractivity contribution is -0.121. The van der Waals surface area contributed by atoms with Crippen molar-refractivity contribution in [1.82, 2.24) is 15.1 Å². The highest BCUT2D eigenvalue weighted by Gasteiger charge is 2.08. The van der Waals surface area contributed by atoms with Gasteiger partial charge in [0.05, 0.1) is 11.9 Å². The highest BCUT2D eigenvalue weighted by Crippen LogP contribution is 2.11. The van der Waals surface area contributed by atoms with Gasteiger partial charge in [-0.1, -0.05) is 6.92 Å². The Bertz CT molecular complexity index is 444. The van der Waals surface area contributed by atoms with Crippen LogP contribution in [0.5, 0.6) is 0 Å². The summed E-state index contributed by atoms with van der Waals surface area (Å²) in [5, 5.41) is 9.28. The number of nitrogens with zero attached hydrogens (tertiary/aromatic N) is 2. The van der Waals surface area contributed by atoms with E-state index in [0.717, 1.165) is 12.8 Å². The molecule has 7 heteroatoms. The van der Waals surface area contributed by atoms with Crippen LogP contribution in [0.15, 0.2) is 12.4 Å². The molecule has 0 radical (unpaired) electrons. The van der Waals surface area contributed by atoms with Gasteiger partial charge >= 0.3 is 0 Å². The molecule has 1 rings (SSSR count). The molecule has 0 bridgehead atoms. The maximum absolute atomic E-state index is 11.8. The number of nitrogens with two attached hydrogens (primary N) is 1. The lowest BCUT2D eigenvalue weighted by atomic mass is 10.0. The number of amides is 2. The van der Waals surface area contributed by atoms with Crippen molar-refractivity contribution < 1.29 is 9.59 Å². The van der Waals surface area contributed by atoms with Crippen LogP contribution in [0.1, 0.15) is 26.2 Å². The summed E-state index contributed by atoms with van der Waals surface area (Å²) in [7, 11) is 1.57. The summed E-state index contributed by atoms with van der Waals surface area (Å²) in [6, 6.07) is 0. The fourth-order valence-electron chi connectivity index (χ4n) is 1.77. The summed E-state index contributed by atoms with van der Waals surface area (Å²) in [6.45, 7) is 2.87. The Kier molecular flexibility index (Phi) is 6.72. The largest absolute Gasteiger partial charge is 0.358 e. The highest BCUT2D eigenvalue weighted by molar-refractivity contribution is 5.90. The number of hydrogen-bond acceptors (Lipinski definition) is 4. The van der Waals surface area contributed by atoms with E-state index in [1.165, 1.54) is 10.9 Å². The minimum Gasteiger partial charge on any atom is -0.358 e. The monoisotopic (exact) mass is 281 g/mol. The predicted molar refractivity (Wildman–Crippen MR) is 77.0 cm³/mol. The molecule has 0 saturated carbocycles. The number of aromatic nitrogens is 2. The first kappa shape index (κ1) is 16.2. The van der Waals surface area contributed by atoms with Crippen LogP contribution in [0, 0.1) is 5.92 Å². The standard InChI is InChI=1S/C13H23N5O2/c1-10(5-6-14)3-4-12(19)17-11-7-16-18(8-11)9-13(20)15-2/h7-8,10H,3-6,9,14H2,1-2H3,(H,15,20)(H,17,19). The van der Waals surface area contributed by atoms with Gasteiger partial charge in [0, 0.05) is 19.7 Å². The first-order valence-electron chi connectivity index (χ1n) is 6.78. The van der Waals surface area contributed by atoms with Crippen molar-refractivity contribution in [1.29, 1.82) is 0 Å². The Morgan fingerprint density at radius 3 is 2.80 bits per heavy atom. The van der Waals surface area contributed by atoms with Gasteiger partial charge in [-0.05, 0) is 25.3 Å². The Balaban J connectivity index is 2.37. The number of nitrogens with one attached hydrogen (secondary N) is 2. The zero-order chi connectivity index (χ0) is 15.0. The van der Waals surface area contributed by atoms with Gasteiger partial charge in [0.15, 0.2) is 0 Å². The van der Waals surface area contributed by atoms with Crippen LogP contribution in [-0.4, -0.2) is 35.2 Å². The molecule has 1 atom stereocenters. The lowest BCUT2D eigenvalue weighted by Crippen LogP contribution is -2.23. The summed E-state index contributed by atoms with van der Waals surface area (Å²) < 4.78 is 1.48. The third-order valence-corrected chi connectivity index (χ3v) is 3.03. The van der Waals surface area contributed by atoms with Crippen molar-refractivity contribution in [3.63, 3.8) is 0 Å². The van der Waals surface area contributed by atoms with Gasteiger partial charge in [-0.15, -0.1) is 0 Å². The van der Waals surface area contributed by atoms with E-state index in [2.05, 4.69) is 22.7 Å². The molecular weight excluding hydrogens is 258 g/mol. The molecule has 0 aliphatic rings. The summed E-state index contributed by atoms with van der Waals surface area (Å²) >= 11 is 0. The quantitative estimate of drug-likeness (QED) is 0.639. The highest BCUT2D eigenvalue weighted by atomic mass is 16.2. The first-order chi connectivity index (χ1) is 9.55. The van der Waals surface area contributed by atoms with Gasteiger partial charge in [0.2, 0.25) is 11.8 Å². The van der Waals surface area contributed by atoms with E-state index < -0.39 is 0 Å². The third kappa shape index (κ3) is 5.83. The van der Waals surface area contributed by atoms with Crippen molar-refractivity contribution >= 4 is 17.5 Å². The van der Waals surface area contributed by atoms with Crippen molar-refractivity contribution in [3.8, 4) is 0 Å². The van der Waals surface area contributed by atoms with Gasteiger partial charge in [0.25, 0.3) is 0 Å². The van der Waals surface area contributed by atoms with Crippen molar-refractivity contribution in [2.24, 2.45) is 11.7 Å². The molecule has 7 nitrogen and oxygen atoms in total. The van der Waals surface area contributed by atoms with Crippen molar-refractivity contribution in [3.05, 3.63) is 12.4 Å². The van der Waals surface area contributed by atoms with Gasteiger partial charge in [-0.25, -0.2) is 0 Å². The molecule has 20 heavy (non-hydrogen) atoms. The van der Waals surface area contributed by atoms with E-state index in [4.69, 9.17) is 5.73 Å². The topological polar surface area (TPSA) is 102 Å². The van der Waals surface area contributed by atoms with Crippen LogP contribution in [0.3, 0.4) is 0 Å². The zero-order valence-electron chi connectivity index (χ0n) is 12.1. The molecule has 1 aromatic heterocycles. The van der Waals surface area contributed by atoms with Crippen molar-refractivity contribution in [2.45, 2.75) is 32.7 Å². The molecule has 112 valence electrons. The smallest absolute Gasteiger partial charge is 0.241 e. The molecule has 2 amide bonds. The number of hydrogen-bond donors (Lipinski definition) is 3. The number of anilines is 1. The van der Waals surface area contributed by atoms with Gasteiger partial charge in [0.1, 0.15) is 6.54 Å². The van der Waals surface area contributed by atoms with E-state index in [1.54, 1.807) is 13.2 Å². The summed E-state index contributed by atoms with van der Waals surface area (Å²) in [6.07, 6.45) is 5.37. The Labute approximate surface area is 118 Å². The van der Waals surface area contributed by atoms with Crippen LogP contribution in [0.2, 0.25) is 0 Å². The van der Waals surface area contributed by atoms with E-state index in [-0.39, 0.29) is 18.4 Å². The van der Waals surface area contributed by atoms with Crippen LogP contribution in [0.25, 0.3) is 0 Å². The van der Waals surface area contributed by atoms with Crippen LogP contribution in [-0.2, 0) is 16.1 Å². The SMILES string of the molecule is CNC(=O)Cn1cc(NC(=O)CCC(C)CCN)cn1. The zero-order valence-corrected chi connectivity index (χ0v) is 12.1. The van der Waals surface area contributed by atoms with E-state index in [9.17, 15) is 9.59 Å². The second-order valence-corrected chi connectivity index (χ2v) is 4.87. The molecule has 4 N–H and O–H groups in total. The van der Waals surface area contributed by atoms with Crippen LogP contribution >= 0.6 is 0 Å². The average molecular weight is 281 g/mol. The average Bonchev–Trinajstić information content (AvgIpc) is 2.83. The fourth-order valence-corrected chi connectivity index (χ4v) is 1.77. The number of carbonyl (C=O) groups excluding carboxylic acids is 2. The molecule has 1 unspecified atom stereocenters. The first-order valence-corrected chi connectivity index (χ1v) is 6.78. The molecule has 0 aliphatic carbocycles. The Hall–Kier alpha value is -1.89. The predicted octanol–water partition coefficient (Wildman–Crippen LogP) is 0.333. The Morgan fingerprint density at radius 2 is 2.15 bits per heavy atom. The second kappa shape index (κ2) is 8.31. The van der Waals surface area contributed by atoms with Crippen molar-refractivity contribution in [2.75, 3.05) is 18.9 Å².